The number of unbranched alkanes of at least 4 members (excludes halogenated alkanes) is 2. The molecule has 2 heteroatoms. The van der Waals surface area contributed by atoms with Gasteiger partial charge in [-0.1, -0.05) is 6.42 Å². The highest BCUT2D eigenvalue weighted by Gasteiger charge is 2.35. The van der Waals surface area contributed by atoms with Crippen LogP contribution in [0.4, 0.5) is 0 Å². The molecule has 1 aliphatic carbocycles. The topological polar surface area (TPSA) is 27.0 Å². The van der Waals surface area contributed by atoms with Crippen molar-refractivity contribution in [3.05, 3.63) is 0 Å². The van der Waals surface area contributed by atoms with E-state index in [-0.39, 0.29) is 0 Å². The van der Waals surface area contributed by atoms with Gasteiger partial charge in [0.25, 0.3) is 0 Å². The predicted molar refractivity (Wildman–Crippen MR) is 56.7 cm³/mol. The summed E-state index contributed by atoms with van der Waals surface area (Å²) in [6.07, 6.45) is 7.45. The third-order valence-corrected chi connectivity index (χ3v) is 3.81. The molecular formula is C12H20N2. The van der Waals surface area contributed by atoms with Gasteiger partial charge >= 0.3 is 0 Å². The molecule has 1 heterocycles. The van der Waals surface area contributed by atoms with Gasteiger partial charge in [-0.15, -0.1) is 0 Å². The summed E-state index contributed by atoms with van der Waals surface area (Å²) < 4.78 is 0. The van der Waals surface area contributed by atoms with Crippen molar-refractivity contribution >= 4 is 0 Å². The molecule has 1 saturated carbocycles. The number of nitriles is 1. The molecule has 14 heavy (non-hydrogen) atoms. The summed E-state index contributed by atoms with van der Waals surface area (Å²) in [6.45, 7) is 3.92. The first kappa shape index (κ1) is 9.98. The van der Waals surface area contributed by atoms with E-state index in [0.717, 1.165) is 24.7 Å². The van der Waals surface area contributed by atoms with E-state index in [9.17, 15) is 0 Å². The Morgan fingerprint density at radius 1 is 1.14 bits per heavy atom. The molecule has 1 aliphatic heterocycles. The van der Waals surface area contributed by atoms with E-state index < -0.39 is 0 Å². The second-order valence-corrected chi connectivity index (χ2v) is 4.83. The molecule has 0 aromatic carbocycles. The van der Waals surface area contributed by atoms with Crippen molar-refractivity contribution in [1.29, 1.82) is 5.26 Å². The van der Waals surface area contributed by atoms with E-state index in [1.165, 1.54) is 45.3 Å². The molecule has 2 aliphatic rings. The largest absolute Gasteiger partial charge is 0.303 e. The molecule has 0 amide bonds. The zero-order chi connectivity index (χ0) is 9.80. The molecule has 2 atom stereocenters. The zero-order valence-corrected chi connectivity index (χ0v) is 8.91. The van der Waals surface area contributed by atoms with E-state index in [2.05, 4.69) is 11.0 Å². The Balaban J connectivity index is 1.62. The molecule has 0 N–H and O–H groups in total. The molecule has 0 radical (unpaired) electrons. The van der Waals surface area contributed by atoms with E-state index in [4.69, 9.17) is 5.26 Å². The minimum atomic E-state index is 0.737. The number of hydrogen-bond acceptors (Lipinski definition) is 2. The Bertz CT molecular complexity index is 207. The van der Waals surface area contributed by atoms with Crippen LogP contribution >= 0.6 is 0 Å². The molecule has 78 valence electrons. The maximum atomic E-state index is 8.43. The molecular weight excluding hydrogens is 172 g/mol. The smallest absolute Gasteiger partial charge is 0.0621 e. The Morgan fingerprint density at radius 3 is 2.50 bits per heavy atom. The number of likely N-dealkylation sites (tertiary alicyclic amines) is 1. The van der Waals surface area contributed by atoms with E-state index >= 15 is 0 Å². The van der Waals surface area contributed by atoms with Crippen molar-refractivity contribution in [2.24, 2.45) is 11.8 Å². The Labute approximate surface area is 86.9 Å². The average Bonchev–Trinajstić information content (AvgIpc) is 2.72. The van der Waals surface area contributed by atoms with Gasteiger partial charge in [-0.25, -0.2) is 0 Å². The third-order valence-electron chi connectivity index (χ3n) is 3.81. The quantitative estimate of drug-likeness (QED) is 0.640. The fraction of sp³-hybridized carbons (Fsp3) is 0.917. The maximum absolute atomic E-state index is 8.43. The summed E-state index contributed by atoms with van der Waals surface area (Å²) in [6, 6.07) is 2.21. The Morgan fingerprint density at radius 2 is 1.86 bits per heavy atom. The van der Waals surface area contributed by atoms with Crippen LogP contribution in [0.1, 0.15) is 38.5 Å². The lowest BCUT2D eigenvalue weighted by atomic mass is 10.0. The van der Waals surface area contributed by atoms with Crippen LogP contribution in [-0.2, 0) is 0 Å². The van der Waals surface area contributed by atoms with Crippen LogP contribution in [0.3, 0.4) is 0 Å². The average molecular weight is 192 g/mol. The van der Waals surface area contributed by atoms with Gasteiger partial charge in [-0.2, -0.15) is 5.26 Å². The number of fused-ring (bicyclic) bond motifs is 1. The van der Waals surface area contributed by atoms with Crippen LogP contribution in [0.2, 0.25) is 0 Å². The van der Waals surface area contributed by atoms with Gasteiger partial charge in [0, 0.05) is 19.5 Å². The molecule has 2 unspecified atom stereocenters. The lowest BCUT2D eigenvalue weighted by Gasteiger charge is -2.15. The number of rotatable bonds is 4. The minimum absolute atomic E-state index is 0.737. The molecule has 0 spiro atoms. The lowest BCUT2D eigenvalue weighted by Crippen LogP contribution is -2.22. The van der Waals surface area contributed by atoms with E-state index in [1.54, 1.807) is 0 Å². The maximum Gasteiger partial charge on any atom is 0.0621 e. The third kappa shape index (κ3) is 2.27. The molecule has 1 saturated heterocycles. The summed E-state index contributed by atoms with van der Waals surface area (Å²) in [5.74, 6) is 2.04. The van der Waals surface area contributed by atoms with Gasteiger partial charge in [0.2, 0.25) is 0 Å². The van der Waals surface area contributed by atoms with Crippen molar-refractivity contribution in [3.63, 3.8) is 0 Å². The first-order valence-corrected chi connectivity index (χ1v) is 5.99. The van der Waals surface area contributed by atoms with Crippen LogP contribution < -0.4 is 0 Å². The highest BCUT2D eigenvalue weighted by atomic mass is 15.2. The van der Waals surface area contributed by atoms with Crippen LogP contribution in [0.25, 0.3) is 0 Å². The summed E-state index contributed by atoms with van der Waals surface area (Å²) in [7, 11) is 0. The van der Waals surface area contributed by atoms with Gasteiger partial charge in [0.15, 0.2) is 0 Å². The second kappa shape index (κ2) is 4.79. The standard InChI is InChI=1S/C12H20N2/c13-7-2-1-3-8-14-9-11-5-4-6-12(11)10-14/h11-12H,1-6,8-10H2. The minimum Gasteiger partial charge on any atom is -0.303 e. The monoisotopic (exact) mass is 192 g/mol. The van der Waals surface area contributed by atoms with Crippen molar-refractivity contribution in [1.82, 2.24) is 4.90 Å². The van der Waals surface area contributed by atoms with Crippen molar-refractivity contribution in [3.8, 4) is 6.07 Å². The number of hydrogen-bond donors (Lipinski definition) is 0. The van der Waals surface area contributed by atoms with Gasteiger partial charge in [-0.05, 0) is 44.1 Å². The Hall–Kier alpha value is -0.550. The second-order valence-electron chi connectivity index (χ2n) is 4.83. The molecule has 2 nitrogen and oxygen atoms in total. The lowest BCUT2D eigenvalue weighted by molar-refractivity contribution is 0.304. The molecule has 0 bridgehead atoms. The zero-order valence-electron chi connectivity index (χ0n) is 8.91. The van der Waals surface area contributed by atoms with E-state index in [1.807, 2.05) is 0 Å². The fourth-order valence-corrected chi connectivity index (χ4v) is 3.05. The van der Waals surface area contributed by atoms with Crippen LogP contribution in [0, 0.1) is 23.2 Å². The summed E-state index contributed by atoms with van der Waals surface area (Å²) in [4.78, 5) is 2.62. The van der Waals surface area contributed by atoms with Gasteiger partial charge in [0.1, 0.15) is 0 Å². The van der Waals surface area contributed by atoms with Gasteiger partial charge in [-0.3, -0.25) is 0 Å². The molecule has 2 rings (SSSR count). The highest BCUT2D eigenvalue weighted by molar-refractivity contribution is 4.88. The first-order chi connectivity index (χ1) is 6.90. The highest BCUT2D eigenvalue weighted by Crippen LogP contribution is 2.37. The molecule has 2 fully saturated rings. The van der Waals surface area contributed by atoms with Crippen molar-refractivity contribution < 1.29 is 0 Å². The van der Waals surface area contributed by atoms with Crippen molar-refractivity contribution in [2.75, 3.05) is 19.6 Å². The van der Waals surface area contributed by atoms with Crippen LogP contribution in [-0.4, -0.2) is 24.5 Å². The first-order valence-electron chi connectivity index (χ1n) is 5.99. The predicted octanol–water partition coefficient (Wildman–Crippen LogP) is 2.41. The van der Waals surface area contributed by atoms with Crippen LogP contribution in [0.15, 0.2) is 0 Å². The summed E-state index contributed by atoms with van der Waals surface area (Å²) in [5.41, 5.74) is 0. The SMILES string of the molecule is N#CCCCCN1CC2CCCC2C1. The molecule has 0 aromatic heterocycles. The fourth-order valence-electron chi connectivity index (χ4n) is 3.05. The van der Waals surface area contributed by atoms with Gasteiger partial charge in [0.05, 0.1) is 6.07 Å². The molecule has 0 aromatic rings. The summed E-state index contributed by atoms with van der Waals surface area (Å²) in [5, 5.41) is 8.43. The van der Waals surface area contributed by atoms with Crippen molar-refractivity contribution in [2.45, 2.75) is 38.5 Å². The van der Waals surface area contributed by atoms with Gasteiger partial charge < -0.3 is 4.90 Å². The Kier molecular flexibility index (Phi) is 3.42. The normalized spacial score (nSPS) is 31.6. The summed E-state index contributed by atoms with van der Waals surface area (Å²) >= 11 is 0. The number of nitrogens with zero attached hydrogens (tertiary/aromatic N) is 2. The van der Waals surface area contributed by atoms with Crippen LogP contribution in [0.5, 0.6) is 0 Å². The van der Waals surface area contributed by atoms with E-state index in [0.29, 0.717) is 0 Å².